The molecule has 2 atom stereocenters. The lowest BCUT2D eigenvalue weighted by molar-refractivity contribution is 0.367. The molecule has 4 rings (SSSR count). The van der Waals surface area contributed by atoms with Crippen LogP contribution in [0.2, 0.25) is 5.02 Å². The molecule has 1 saturated heterocycles. The lowest BCUT2D eigenvalue weighted by Crippen LogP contribution is -2.25. The second-order valence-corrected chi connectivity index (χ2v) is 7.86. The van der Waals surface area contributed by atoms with Gasteiger partial charge < -0.3 is 19.9 Å². The van der Waals surface area contributed by atoms with E-state index in [1.54, 1.807) is 24.4 Å². The van der Waals surface area contributed by atoms with E-state index in [4.69, 9.17) is 23.8 Å². The van der Waals surface area contributed by atoms with Crippen molar-refractivity contribution in [2.24, 2.45) is 0 Å². The standard InChI is InChI=1S/C21H21ClN4OS/c1-12-10-15(13(2)26(12)17-11-14(22)7-8-18(17)27)20-19(24-21(28)25(20)3)16-6-4-5-9-23-16/h4-11,19-20,27H,1-3H3,(H,24,28)/t19-,20-/m1/s1. The van der Waals surface area contributed by atoms with E-state index in [2.05, 4.69) is 21.3 Å². The number of thiocarbonyl (C=S) groups is 1. The second kappa shape index (κ2) is 7.11. The molecular formula is C21H21ClN4OS. The summed E-state index contributed by atoms with van der Waals surface area (Å²) in [4.78, 5) is 6.60. The summed E-state index contributed by atoms with van der Waals surface area (Å²) >= 11 is 11.7. The maximum Gasteiger partial charge on any atom is 0.169 e. The van der Waals surface area contributed by atoms with Crippen molar-refractivity contribution in [3.05, 3.63) is 76.3 Å². The molecule has 0 bridgehead atoms. The van der Waals surface area contributed by atoms with Gasteiger partial charge in [0.2, 0.25) is 0 Å². The SMILES string of the molecule is Cc1cc([C@@H]2[C@@H](c3ccccn3)NC(=S)N2C)c(C)n1-c1cc(Cl)ccc1O. The van der Waals surface area contributed by atoms with Crippen molar-refractivity contribution in [2.45, 2.75) is 25.9 Å². The van der Waals surface area contributed by atoms with Gasteiger partial charge in [-0.2, -0.15) is 0 Å². The van der Waals surface area contributed by atoms with Gasteiger partial charge in [-0.1, -0.05) is 17.7 Å². The Balaban J connectivity index is 1.85. The summed E-state index contributed by atoms with van der Waals surface area (Å²) < 4.78 is 2.03. The van der Waals surface area contributed by atoms with Crippen molar-refractivity contribution in [1.82, 2.24) is 19.8 Å². The number of hydrogen-bond donors (Lipinski definition) is 2. The number of nitrogens with zero attached hydrogens (tertiary/aromatic N) is 3. The summed E-state index contributed by atoms with van der Waals surface area (Å²) in [5.41, 5.74) is 4.77. The summed E-state index contributed by atoms with van der Waals surface area (Å²) in [7, 11) is 1.99. The first-order chi connectivity index (χ1) is 13.4. The molecule has 0 radical (unpaired) electrons. The quantitative estimate of drug-likeness (QED) is 0.622. The van der Waals surface area contributed by atoms with Gasteiger partial charge in [-0.15, -0.1) is 0 Å². The normalized spacial score (nSPS) is 19.1. The Bertz CT molecular complexity index is 1050. The highest BCUT2D eigenvalue weighted by atomic mass is 35.5. The number of nitrogens with one attached hydrogen (secondary N) is 1. The average molecular weight is 413 g/mol. The van der Waals surface area contributed by atoms with Crippen LogP contribution in [0.1, 0.15) is 34.7 Å². The van der Waals surface area contributed by atoms with Crippen LogP contribution in [-0.4, -0.2) is 31.7 Å². The molecular weight excluding hydrogens is 392 g/mol. The molecule has 1 aliphatic rings. The maximum atomic E-state index is 10.4. The number of pyridine rings is 1. The Labute approximate surface area is 174 Å². The fraction of sp³-hybridized carbons (Fsp3) is 0.238. The summed E-state index contributed by atoms with van der Waals surface area (Å²) in [5, 5.41) is 15.1. The zero-order valence-corrected chi connectivity index (χ0v) is 17.4. The molecule has 28 heavy (non-hydrogen) atoms. The van der Waals surface area contributed by atoms with Crippen LogP contribution in [0.3, 0.4) is 0 Å². The second-order valence-electron chi connectivity index (χ2n) is 7.03. The number of hydrogen-bond acceptors (Lipinski definition) is 3. The molecule has 0 unspecified atom stereocenters. The number of rotatable bonds is 3. The van der Waals surface area contributed by atoms with Crippen LogP contribution in [0.5, 0.6) is 5.75 Å². The van der Waals surface area contributed by atoms with Crippen molar-refractivity contribution in [3.8, 4) is 11.4 Å². The molecule has 3 aromatic rings. The first-order valence-electron chi connectivity index (χ1n) is 9.00. The number of likely N-dealkylation sites (N-methyl/N-ethyl adjacent to an activating group) is 1. The van der Waals surface area contributed by atoms with E-state index < -0.39 is 0 Å². The molecule has 3 heterocycles. The summed E-state index contributed by atoms with van der Waals surface area (Å²) in [5.74, 6) is 0.187. The third-order valence-electron chi connectivity index (χ3n) is 5.31. The highest BCUT2D eigenvalue weighted by molar-refractivity contribution is 7.80. The molecule has 1 aromatic carbocycles. The van der Waals surface area contributed by atoms with Gasteiger partial charge >= 0.3 is 0 Å². The number of aromatic nitrogens is 2. The van der Waals surface area contributed by atoms with Crippen molar-refractivity contribution < 1.29 is 5.11 Å². The molecule has 0 amide bonds. The minimum absolute atomic E-state index is 0.0105. The number of aromatic hydroxyl groups is 1. The largest absolute Gasteiger partial charge is 0.506 e. The number of aryl methyl sites for hydroxylation is 1. The summed E-state index contributed by atoms with van der Waals surface area (Å²) in [6.07, 6.45) is 1.79. The van der Waals surface area contributed by atoms with E-state index in [0.717, 1.165) is 22.6 Å². The number of halogens is 1. The number of benzene rings is 1. The molecule has 144 valence electrons. The van der Waals surface area contributed by atoms with E-state index in [1.807, 2.05) is 43.7 Å². The molecule has 5 nitrogen and oxygen atoms in total. The predicted octanol–water partition coefficient (Wildman–Crippen LogP) is 4.45. The van der Waals surface area contributed by atoms with Crippen LogP contribution < -0.4 is 5.32 Å². The highest BCUT2D eigenvalue weighted by Crippen LogP contribution is 2.41. The molecule has 0 saturated carbocycles. The Morgan fingerprint density at radius 3 is 2.68 bits per heavy atom. The van der Waals surface area contributed by atoms with E-state index >= 15 is 0 Å². The third-order valence-corrected chi connectivity index (χ3v) is 5.95. The van der Waals surface area contributed by atoms with Crippen molar-refractivity contribution in [2.75, 3.05) is 7.05 Å². The van der Waals surface area contributed by atoms with Gasteiger partial charge in [-0.05, 0) is 68.0 Å². The Morgan fingerprint density at radius 1 is 1.18 bits per heavy atom. The maximum absolute atomic E-state index is 10.4. The van der Waals surface area contributed by atoms with Gasteiger partial charge in [-0.25, -0.2) is 0 Å². The van der Waals surface area contributed by atoms with Gasteiger partial charge in [0.05, 0.1) is 23.5 Å². The molecule has 1 aliphatic heterocycles. The first kappa shape index (κ1) is 18.8. The highest BCUT2D eigenvalue weighted by Gasteiger charge is 2.39. The van der Waals surface area contributed by atoms with Crippen LogP contribution in [0.15, 0.2) is 48.7 Å². The van der Waals surface area contributed by atoms with Crippen LogP contribution in [0.4, 0.5) is 0 Å². The minimum Gasteiger partial charge on any atom is -0.506 e. The zero-order valence-electron chi connectivity index (χ0n) is 15.8. The fourth-order valence-corrected chi connectivity index (χ4v) is 4.39. The topological polar surface area (TPSA) is 53.3 Å². The minimum atomic E-state index is -0.0550. The summed E-state index contributed by atoms with van der Waals surface area (Å²) in [6.45, 7) is 4.07. The van der Waals surface area contributed by atoms with Gasteiger partial charge in [0.15, 0.2) is 5.11 Å². The van der Waals surface area contributed by atoms with E-state index in [1.165, 1.54) is 0 Å². The van der Waals surface area contributed by atoms with Gasteiger partial charge in [0.25, 0.3) is 0 Å². The van der Waals surface area contributed by atoms with Crippen molar-refractivity contribution >= 4 is 28.9 Å². The molecule has 0 aliphatic carbocycles. The molecule has 7 heteroatoms. The van der Waals surface area contributed by atoms with Gasteiger partial charge in [0.1, 0.15) is 5.75 Å². The van der Waals surface area contributed by atoms with E-state index in [9.17, 15) is 5.11 Å². The van der Waals surface area contributed by atoms with Crippen LogP contribution in [-0.2, 0) is 0 Å². The van der Waals surface area contributed by atoms with Crippen molar-refractivity contribution in [1.29, 1.82) is 0 Å². The molecule has 0 spiro atoms. The first-order valence-corrected chi connectivity index (χ1v) is 9.79. The average Bonchev–Trinajstić information content (AvgIpc) is 3.13. The Hall–Kier alpha value is -2.57. The lowest BCUT2D eigenvalue weighted by Gasteiger charge is -2.24. The lowest BCUT2D eigenvalue weighted by atomic mass is 9.97. The molecule has 2 aromatic heterocycles. The molecule has 1 fully saturated rings. The van der Waals surface area contributed by atoms with Gasteiger partial charge in [-0.3, -0.25) is 4.98 Å². The fourth-order valence-electron chi connectivity index (χ4n) is 3.98. The smallest absolute Gasteiger partial charge is 0.169 e. The summed E-state index contributed by atoms with van der Waals surface area (Å²) in [6, 6.07) is 13.0. The monoisotopic (exact) mass is 412 g/mol. The van der Waals surface area contributed by atoms with Crippen LogP contribution in [0, 0.1) is 13.8 Å². The third kappa shape index (κ3) is 3.02. The Kier molecular flexibility index (Phi) is 4.77. The zero-order chi connectivity index (χ0) is 20.0. The van der Waals surface area contributed by atoms with Gasteiger partial charge in [0, 0.05) is 29.7 Å². The number of phenolic OH excluding ortho intramolecular Hbond substituents is 1. The Morgan fingerprint density at radius 2 is 1.96 bits per heavy atom. The van der Waals surface area contributed by atoms with E-state index in [0.29, 0.717) is 15.8 Å². The van der Waals surface area contributed by atoms with Crippen LogP contribution >= 0.6 is 23.8 Å². The number of phenols is 1. The van der Waals surface area contributed by atoms with Crippen molar-refractivity contribution in [3.63, 3.8) is 0 Å². The predicted molar refractivity (Wildman–Crippen MR) is 115 cm³/mol. The molecule has 2 N–H and O–H groups in total. The van der Waals surface area contributed by atoms with E-state index in [-0.39, 0.29) is 17.8 Å². The van der Waals surface area contributed by atoms with Crippen LogP contribution in [0.25, 0.3) is 5.69 Å².